The zero-order chi connectivity index (χ0) is 8.65. The van der Waals surface area contributed by atoms with Crippen LogP contribution in [-0.2, 0) is 0 Å². The quantitative estimate of drug-likeness (QED) is 0.609. The highest BCUT2D eigenvalue weighted by Crippen LogP contribution is 2.07. The summed E-state index contributed by atoms with van der Waals surface area (Å²) in [6.07, 6.45) is 5.39. The molecule has 0 aromatic heterocycles. The van der Waals surface area contributed by atoms with Crippen molar-refractivity contribution in [3.63, 3.8) is 0 Å². The average Bonchev–Trinajstić information content (AvgIpc) is 2.14. The number of piperidine rings is 1. The summed E-state index contributed by atoms with van der Waals surface area (Å²) in [5, 5.41) is 6.95. The smallest absolute Gasteiger partial charge is 0.000837 e. The predicted molar refractivity (Wildman–Crippen MR) is 53.4 cm³/mol. The first-order chi connectivity index (χ1) is 5.93. The Hall–Kier alpha value is -0.0800. The lowest BCUT2D eigenvalue weighted by atomic mass is 10.00. The number of hydrogen-bond donors (Lipinski definition) is 2. The van der Waals surface area contributed by atoms with Crippen LogP contribution in [0.2, 0.25) is 0 Å². The maximum absolute atomic E-state index is 3.52. The highest BCUT2D eigenvalue weighted by Gasteiger charge is 2.11. The summed E-state index contributed by atoms with van der Waals surface area (Å²) in [7, 11) is 0. The highest BCUT2D eigenvalue weighted by molar-refractivity contribution is 4.70. The molecule has 0 saturated carbocycles. The molecule has 1 fully saturated rings. The second-order valence-electron chi connectivity index (χ2n) is 3.77. The van der Waals surface area contributed by atoms with E-state index >= 15 is 0 Å². The molecular weight excluding hydrogens is 148 g/mol. The van der Waals surface area contributed by atoms with Crippen LogP contribution in [0.25, 0.3) is 0 Å². The molecule has 1 aliphatic heterocycles. The summed E-state index contributed by atoms with van der Waals surface area (Å²) >= 11 is 0. The van der Waals surface area contributed by atoms with E-state index in [0.29, 0.717) is 0 Å². The molecule has 0 amide bonds. The Kier molecular flexibility index (Phi) is 5.37. The average molecular weight is 170 g/mol. The molecule has 1 atom stereocenters. The lowest BCUT2D eigenvalue weighted by Crippen LogP contribution is -2.36. The molecule has 2 nitrogen and oxygen atoms in total. The minimum absolute atomic E-state index is 0.885. The SMILES string of the molecule is CCCCNCC1CCCNC1. The summed E-state index contributed by atoms with van der Waals surface area (Å²) in [4.78, 5) is 0. The first-order valence-corrected chi connectivity index (χ1v) is 5.35. The molecule has 0 radical (unpaired) electrons. The van der Waals surface area contributed by atoms with Crippen LogP contribution in [0.3, 0.4) is 0 Å². The van der Waals surface area contributed by atoms with Gasteiger partial charge in [0.2, 0.25) is 0 Å². The fourth-order valence-electron chi connectivity index (χ4n) is 1.71. The van der Waals surface area contributed by atoms with E-state index in [1.807, 2.05) is 0 Å². The molecule has 2 heteroatoms. The van der Waals surface area contributed by atoms with Gasteiger partial charge in [0.25, 0.3) is 0 Å². The molecule has 72 valence electrons. The third-order valence-electron chi connectivity index (χ3n) is 2.54. The van der Waals surface area contributed by atoms with E-state index in [1.165, 1.54) is 51.9 Å². The molecule has 2 N–H and O–H groups in total. The molecule has 0 bridgehead atoms. The zero-order valence-electron chi connectivity index (χ0n) is 8.23. The number of nitrogens with one attached hydrogen (secondary N) is 2. The van der Waals surface area contributed by atoms with Crippen LogP contribution in [0.4, 0.5) is 0 Å². The van der Waals surface area contributed by atoms with Crippen molar-refractivity contribution >= 4 is 0 Å². The molecule has 0 aromatic rings. The van der Waals surface area contributed by atoms with E-state index in [1.54, 1.807) is 0 Å². The molecule has 1 aliphatic rings. The Morgan fingerprint density at radius 3 is 3.08 bits per heavy atom. The van der Waals surface area contributed by atoms with Gasteiger partial charge in [-0.3, -0.25) is 0 Å². The standard InChI is InChI=1S/C10H22N2/c1-2-3-6-11-8-10-5-4-7-12-9-10/h10-12H,2-9H2,1H3. The van der Waals surface area contributed by atoms with Crippen molar-refractivity contribution in [3.8, 4) is 0 Å². The van der Waals surface area contributed by atoms with Gasteiger partial charge in [-0.15, -0.1) is 0 Å². The van der Waals surface area contributed by atoms with Crippen LogP contribution in [0.5, 0.6) is 0 Å². The Morgan fingerprint density at radius 1 is 1.50 bits per heavy atom. The fraction of sp³-hybridized carbons (Fsp3) is 1.00. The number of unbranched alkanes of at least 4 members (excludes halogenated alkanes) is 1. The number of rotatable bonds is 5. The van der Waals surface area contributed by atoms with Gasteiger partial charge in [0.15, 0.2) is 0 Å². The van der Waals surface area contributed by atoms with Gasteiger partial charge in [-0.25, -0.2) is 0 Å². The summed E-state index contributed by atoms with van der Waals surface area (Å²) in [5.41, 5.74) is 0. The minimum atomic E-state index is 0.885. The molecule has 1 heterocycles. The normalized spacial score (nSPS) is 24.2. The Bertz CT molecular complexity index is 98.0. The van der Waals surface area contributed by atoms with Crippen molar-refractivity contribution in [2.45, 2.75) is 32.6 Å². The van der Waals surface area contributed by atoms with Gasteiger partial charge in [-0.1, -0.05) is 13.3 Å². The van der Waals surface area contributed by atoms with Crippen LogP contribution >= 0.6 is 0 Å². The lowest BCUT2D eigenvalue weighted by molar-refractivity contribution is 0.360. The predicted octanol–water partition coefficient (Wildman–Crippen LogP) is 1.38. The first kappa shape index (κ1) is 10.0. The maximum Gasteiger partial charge on any atom is -0.000837 e. The molecule has 0 aliphatic carbocycles. The Balaban J connectivity index is 1.91. The van der Waals surface area contributed by atoms with E-state index < -0.39 is 0 Å². The maximum atomic E-state index is 3.52. The van der Waals surface area contributed by atoms with Crippen LogP contribution in [0.1, 0.15) is 32.6 Å². The molecule has 1 saturated heterocycles. The van der Waals surface area contributed by atoms with Crippen molar-refractivity contribution < 1.29 is 0 Å². The number of hydrogen-bond acceptors (Lipinski definition) is 2. The fourth-order valence-corrected chi connectivity index (χ4v) is 1.71. The van der Waals surface area contributed by atoms with Gasteiger partial charge in [-0.2, -0.15) is 0 Å². The Labute approximate surface area is 76.1 Å². The van der Waals surface area contributed by atoms with Gasteiger partial charge in [0.1, 0.15) is 0 Å². The van der Waals surface area contributed by atoms with Gasteiger partial charge in [0.05, 0.1) is 0 Å². The van der Waals surface area contributed by atoms with Gasteiger partial charge < -0.3 is 10.6 Å². The molecule has 0 spiro atoms. The van der Waals surface area contributed by atoms with Crippen LogP contribution in [0.15, 0.2) is 0 Å². The van der Waals surface area contributed by atoms with Crippen LogP contribution < -0.4 is 10.6 Å². The zero-order valence-corrected chi connectivity index (χ0v) is 8.23. The highest BCUT2D eigenvalue weighted by atomic mass is 14.9. The molecule has 12 heavy (non-hydrogen) atoms. The van der Waals surface area contributed by atoms with E-state index in [4.69, 9.17) is 0 Å². The molecule has 1 unspecified atom stereocenters. The van der Waals surface area contributed by atoms with Crippen molar-refractivity contribution in [3.05, 3.63) is 0 Å². The van der Waals surface area contributed by atoms with Crippen molar-refractivity contribution in [1.29, 1.82) is 0 Å². The molecule has 0 aromatic carbocycles. The van der Waals surface area contributed by atoms with E-state index in [9.17, 15) is 0 Å². The second kappa shape index (κ2) is 6.44. The van der Waals surface area contributed by atoms with Gasteiger partial charge in [-0.05, 0) is 51.4 Å². The Morgan fingerprint density at radius 2 is 2.42 bits per heavy atom. The molecular formula is C10H22N2. The summed E-state index contributed by atoms with van der Waals surface area (Å²) in [6.45, 7) is 7.11. The van der Waals surface area contributed by atoms with E-state index in [2.05, 4.69) is 17.6 Å². The lowest BCUT2D eigenvalue weighted by Gasteiger charge is -2.22. The molecule has 1 rings (SSSR count). The van der Waals surface area contributed by atoms with Crippen molar-refractivity contribution in [1.82, 2.24) is 10.6 Å². The summed E-state index contributed by atoms with van der Waals surface area (Å²) in [5.74, 6) is 0.885. The van der Waals surface area contributed by atoms with Gasteiger partial charge >= 0.3 is 0 Å². The summed E-state index contributed by atoms with van der Waals surface area (Å²) < 4.78 is 0. The third kappa shape index (κ3) is 4.07. The largest absolute Gasteiger partial charge is 0.316 e. The monoisotopic (exact) mass is 170 g/mol. The van der Waals surface area contributed by atoms with E-state index in [-0.39, 0.29) is 0 Å². The van der Waals surface area contributed by atoms with E-state index in [0.717, 1.165) is 5.92 Å². The van der Waals surface area contributed by atoms with Crippen molar-refractivity contribution in [2.24, 2.45) is 5.92 Å². The minimum Gasteiger partial charge on any atom is -0.316 e. The van der Waals surface area contributed by atoms with Crippen LogP contribution in [0, 0.1) is 5.92 Å². The summed E-state index contributed by atoms with van der Waals surface area (Å²) in [6, 6.07) is 0. The second-order valence-corrected chi connectivity index (χ2v) is 3.77. The third-order valence-corrected chi connectivity index (χ3v) is 2.54. The van der Waals surface area contributed by atoms with Crippen LogP contribution in [-0.4, -0.2) is 26.2 Å². The first-order valence-electron chi connectivity index (χ1n) is 5.35. The van der Waals surface area contributed by atoms with Gasteiger partial charge in [0, 0.05) is 0 Å². The van der Waals surface area contributed by atoms with Crippen molar-refractivity contribution in [2.75, 3.05) is 26.2 Å². The topological polar surface area (TPSA) is 24.1 Å².